The third-order valence-electron chi connectivity index (χ3n) is 3.04. The van der Waals surface area contributed by atoms with Crippen LogP contribution in [0.15, 0.2) is 35.2 Å². The Hall–Kier alpha value is -1.63. The fourth-order valence-corrected chi connectivity index (χ4v) is 3.25. The maximum absolute atomic E-state index is 9.42. The van der Waals surface area contributed by atoms with Crippen LogP contribution in [0.3, 0.4) is 0 Å². The summed E-state index contributed by atoms with van der Waals surface area (Å²) in [7, 11) is 0. The lowest BCUT2D eigenvalue weighted by molar-refractivity contribution is 0.472. The maximum atomic E-state index is 9.42. The smallest absolute Gasteiger partial charge is 0.146 e. The number of nitriles is 1. The van der Waals surface area contributed by atoms with Gasteiger partial charge in [-0.25, -0.2) is 0 Å². The number of nitrogens with zero attached hydrogens (tertiary/aromatic N) is 1. The molecule has 0 bridgehead atoms. The first-order valence-corrected chi connectivity index (χ1v) is 8.03. The van der Waals surface area contributed by atoms with E-state index in [0.29, 0.717) is 16.3 Å². The average molecular weight is 318 g/mol. The molecule has 108 valence electrons. The number of hydrogen-bond acceptors (Lipinski definition) is 3. The van der Waals surface area contributed by atoms with Crippen molar-refractivity contribution in [3.8, 4) is 17.6 Å². The van der Waals surface area contributed by atoms with E-state index in [1.54, 1.807) is 11.8 Å². The largest absolute Gasteiger partial charge is 0.455 e. The molecule has 0 saturated carbocycles. The molecule has 0 saturated heterocycles. The van der Waals surface area contributed by atoms with Gasteiger partial charge in [0.05, 0.1) is 0 Å². The zero-order chi connectivity index (χ0) is 15.4. The van der Waals surface area contributed by atoms with Crippen LogP contribution in [0.4, 0.5) is 0 Å². The van der Waals surface area contributed by atoms with E-state index < -0.39 is 0 Å². The summed E-state index contributed by atoms with van der Waals surface area (Å²) in [5.74, 6) is 2.26. The molecule has 0 aliphatic carbocycles. The van der Waals surface area contributed by atoms with Crippen LogP contribution >= 0.6 is 23.4 Å². The fraction of sp³-hybridized carbons (Fsp3) is 0.235. The highest BCUT2D eigenvalue weighted by molar-refractivity contribution is 7.99. The highest BCUT2D eigenvalue weighted by atomic mass is 35.5. The Morgan fingerprint density at radius 2 is 1.90 bits per heavy atom. The normalized spacial score (nSPS) is 10.2. The van der Waals surface area contributed by atoms with Crippen LogP contribution in [0.1, 0.15) is 23.6 Å². The van der Waals surface area contributed by atoms with Crippen molar-refractivity contribution in [1.29, 1.82) is 5.26 Å². The van der Waals surface area contributed by atoms with Gasteiger partial charge < -0.3 is 4.74 Å². The summed E-state index contributed by atoms with van der Waals surface area (Å²) in [6.07, 6.45) is 0. The molecule has 0 radical (unpaired) electrons. The van der Waals surface area contributed by atoms with Crippen molar-refractivity contribution in [3.63, 3.8) is 0 Å². The van der Waals surface area contributed by atoms with Gasteiger partial charge in [-0.05, 0) is 55.0 Å². The summed E-state index contributed by atoms with van der Waals surface area (Å²) in [5.41, 5.74) is 2.49. The number of hydrogen-bond donors (Lipinski definition) is 0. The van der Waals surface area contributed by atoms with Crippen molar-refractivity contribution in [2.24, 2.45) is 0 Å². The lowest BCUT2D eigenvalue weighted by Gasteiger charge is -2.14. The van der Waals surface area contributed by atoms with Crippen molar-refractivity contribution < 1.29 is 4.74 Å². The molecule has 0 aliphatic rings. The Morgan fingerprint density at radius 1 is 1.24 bits per heavy atom. The molecule has 0 heterocycles. The molecule has 0 unspecified atom stereocenters. The van der Waals surface area contributed by atoms with Gasteiger partial charge in [0.2, 0.25) is 0 Å². The monoisotopic (exact) mass is 317 g/mol. The summed E-state index contributed by atoms with van der Waals surface area (Å²) in [5, 5.41) is 10.1. The van der Waals surface area contributed by atoms with Crippen LogP contribution in [0.5, 0.6) is 11.5 Å². The van der Waals surface area contributed by atoms with Crippen molar-refractivity contribution >= 4 is 23.4 Å². The second kappa shape index (κ2) is 6.89. The number of aryl methyl sites for hydroxylation is 2. The molecule has 2 rings (SSSR count). The molecule has 0 spiro atoms. The third-order valence-corrected chi connectivity index (χ3v) is 4.19. The predicted octanol–water partition coefficient (Wildman–Crippen LogP) is 5.73. The molecule has 0 aromatic heterocycles. The standard InChI is InChI=1S/C17H16ClNOS/c1-4-21-16-7-5-6-15(14(16)10-19)20-17-11(2)8-13(18)9-12(17)3/h5-9H,4H2,1-3H3. The Balaban J connectivity index is 2.46. The first kappa shape index (κ1) is 15.8. The molecule has 0 amide bonds. The van der Waals surface area contributed by atoms with E-state index >= 15 is 0 Å². The minimum absolute atomic E-state index is 0.582. The van der Waals surface area contributed by atoms with E-state index in [-0.39, 0.29) is 0 Å². The SMILES string of the molecule is CCSc1cccc(Oc2c(C)cc(Cl)cc2C)c1C#N. The summed E-state index contributed by atoms with van der Waals surface area (Å²) in [6.45, 7) is 5.96. The van der Waals surface area contributed by atoms with Crippen molar-refractivity contribution in [2.75, 3.05) is 5.75 Å². The second-order valence-electron chi connectivity index (χ2n) is 4.64. The van der Waals surface area contributed by atoms with Gasteiger partial charge in [-0.15, -0.1) is 11.8 Å². The van der Waals surface area contributed by atoms with Crippen LogP contribution in [0, 0.1) is 25.2 Å². The number of rotatable bonds is 4. The Bertz CT molecular complexity index is 683. The third kappa shape index (κ3) is 3.53. The molecule has 2 aromatic carbocycles. The lowest BCUT2D eigenvalue weighted by atomic mass is 10.1. The van der Waals surface area contributed by atoms with E-state index in [4.69, 9.17) is 16.3 Å². The number of thioether (sulfide) groups is 1. The predicted molar refractivity (Wildman–Crippen MR) is 88.6 cm³/mol. The summed E-state index contributed by atoms with van der Waals surface area (Å²) in [6, 6.07) is 11.7. The van der Waals surface area contributed by atoms with Crippen LogP contribution in [0.2, 0.25) is 5.02 Å². The zero-order valence-electron chi connectivity index (χ0n) is 12.2. The molecular weight excluding hydrogens is 302 g/mol. The average Bonchev–Trinajstić information content (AvgIpc) is 2.43. The minimum atomic E-state index is 0.582. The first-order valence-electron chi connectivity index (χ1n) is 6.67. The number of ether oxygens (including phenoxy) is 1. The lowest BCUT2D eigenvalue weighted by Crippen LogP contribution is -1.95. The van der Waals surface area contributed by atoms with Crippen LogP contribution in [-0.4, -0.2) is 5.75 Å². The maximum Gasteiger partial charge on any atom is 0.146 e. The molecule has 2 nitrogen and oxygen atoms in total. The topological polar surface area (TPSA) is 33.0 Å². The Labute approximate surface area is 134 Å². The minimum Gasteiger partial charge on any atom is -0.455 e. The van der Waals surface area contributed by atoms with E-state index in [9.17, 15) is 5.26 Å². The van der Waals surface area contributed by atoms with Crippen LogP contribution in [0.25, 0.3) is 0 Å². The van der Waals surface area contributed by atoms with Gasteiger partial charge in [-0.1, -0.05) is 24.6 Å². The van der Waals surface area contributed by atoms with Gasteiger partial charge in [0.1, 0.15) is 23.1 Å². The van der Waals surface area contributed by atoms with E-state index in [2.05, 4.69) is 13.0 Å². The quantitative estimate of drug-likeness (QED) is 0.675. The molecule has 0 fully saturated rings. The molecule has 0 atom stereocenters. The zero-order valence-corrected chi connectivity index (χ0v) is 13.8. The van der Waals surface area contributed by atoms with Gasteiger partial charge in [-0.2, -0.15) is 5.26 Å². The summed E-state index contributed by atoms with van der Waals surface area (Å²) in [4.78, 5) is 0.946. The number of benzene rings is 2. The molecule has 21 heavy (non-hydrogen) atoms. The van der Waals surface area contributed by atoms with E-state index in [0.717, 1.165) is 27.5 Å². The molecule has 4 heteroatoms. The van der Waals surface area contributed by atoms with E-state index in [1.807, 2.05) is 44.2 Å². The van der Waals surface area contributed by atoms with Crippen molar-refractivity contribution in [2.45, 2.75) is 25.7 Å². The Kier molecular flexibility index (Phi) is 5.17. The highest BCUT2D eigenvalue weighted by Crippen LogP contribution is 2.36. The van der Waals surface area contributed by atoms with Gasteiger partial charge in [-0.3, -0.25) is 0 Å². The second-order valence-corrected chi connectivity index (χ2v) is 6.39. The van der Waals surface area contributed by atoms with Crippen molar-refractivity contribution in [3.05, 3.63) is 52.0 Å². The van der Waals surface area contributed by atoms with E-state index in [1.165, 1.54) is 0 Å². The van der Waals surface area contributed by atoms with Crippen LogP contribution in [-0.2, 0) is 0 Å². The molecule has 0 N–H and O–H groups in total. The van der Waals surface area contributed by atoms with Gasteiger partial charge in [0.25, 0.3) is 0 Å². The molecule has 0 aliphatic heterocycles. The van der Waals surface area contributed by atoms with Crippen molar-refractivity contribution in [1.82, 2.24) is 0 Å². The van der Waals surface area contributed by atoms with Gasteiger partial charge in [0, 0.05) is 9.92 Å². The molecular formula is C17H16ClNOS. The van der Waals surface area contributed by atoms with Gasteiger partial charge >= 0.3 is 0 Å². The Morgan fingerprint density at radius 3 is 2.48 bits per heavy atom. The summed E-state index contributed by atoms with van der Waals surface area (Å²) < 4.78 is 6.01. The number of halogens is 1. The summed E-state index contributed by atoms with van der Waals surface area (Å²) >= 11 is 7.68. The van der Waals surface area contributed by atoms with Crippen LogP contribution < -0.4 is 4.74 Å². The first-order chi connectivity index (χ1) is 10.1. The highest BCUT2D eigenvalue weighted by Gasteiger charge is 2.13. The van der Waals surface area contributed by atoms with Gasteiger partial charge in [0.15, 0.2) is 0 Å². The molecule has 2 aromatic rings. The fourth-order valence-electron chi connectivity index (χ4n) is 2.15.